The summed E-state index contributed by atoms with van der Waals surface area (Å²) < 4.78 is 33.8. The van der Waals surface area contributed by atoms with Gasteiger partial charge in [-0.05, 0) is 19.1 Å². The molecule has 0 N–H and O–H groups in total. The number of nitrogens with zero attached hydrogens (tertiary/aromatic N) is 1. The Morgan fingerprint density at radius 3 is 2.78 bits per heavy atom. The van der Waals surface area contributed by atoms with Crippen LogP contribution in [0.5, 0.6) is 5.75 Å². The lowest BCUT2D eigenvalue weighted by Gasteiger charge is -2.09. The zero-order chi connectivity index (χ0) is 13.1. The topological polar surface area (TPSA) is 52.3 Å². The summed E-state index contributed by atoms with van der Waals surface area (Å²) in [4.78, 5) is 10.5. The van der Waals surface area contributed by atoms with Crippen LogP contribution in [0.4, 0.5) is 8.78 Å². The van der Waals surface area contributed by atoms with Crippen LogP contribution in [0.15, 0.2) is 28.8 Å². The Labute approximate surface area is 101 Å². The van der Waals surface area contributed by atoms with Crippen LogP contribution in [0.25, 0.3) is 11.3 Å². The average Bonchev–Trinajstić information content (AvgIpc) is 2.79. The molecule has 94 valence electrons. The van der Waals surface area contributed by atoms with Crippen molar-refractivity contribution in [3.05, 3.63) is 35.5 Å². The molecule has 4 nitrogen and oxygen atoms in total. The Hall–Kier alpha value is -2.24. The number of halogens is 2. The van der Waals surface area contributed by atoms with Crippen molar-refractivity contribution in [3.8, 4) is 17.1 Å². The number of hydrogen-bond donors (Lipinski definition) is 0. The fraction of sp³-hybridized carbons (Fsp3) is 0.167. The van der Waals surface area contributed by atoms with Gasteiger partial charge in [0, 0.05) is 6.07 Å². The Bertz CT molecular complexity index is 566. The Morgan fingerprint density at radius 1 is 1.39 bits per heavy atom. The summed E-state index contributed by atoms with van der Waals surface area (Å²) >= 11 is 0. The molecule has 0 bridgehead atoms. The van der Waals surface area contributed by atoms with Crippen molar-refractivity contribution in [2.24, 2.45) is 0 Å². The molecular formula is C12H9F2NO3. The van der Waals surface area contributed by atoms with Gasteiger partial charge in [-0.3, -0.25) is 4.79 Å². The summed E-state index contributed by atoms with van der Waals surface area (Å²) in [7, 11) is 0. The Kier molecular flexibility index (Phi) is 3.36. The van der Waals surface area contributed by atoms with E-state index in [2.05, 4.69) is 9.89 Å². The van der Waals surface area contributed by atoms with Crippen molar-refractivity contribution in [2.75, 3.05) is 0 Å². The summed E-state index contributed by atoms with van der Waals surface area (Å²) in [6.45, 7) is -1.13. The van der Waals surface area contributed by atoms with Crippen LogP contribution in [0.3, 0.4) is 0 Å². The maximum absolute atomic E-state index is 12.3. The van der Waals surface area contributed by atoms with Gasteiger partial charge in [-0.15, -0.1) is 0 Å². The third kappa shape index (κ3) is 2.53. The number of ether oxygens (including phenoxy) is 1. The number of benzene rings is 1. The summed E-state index contributed by atoms with van der Waals surface area (Å²) in [5, 5.41) is 3.47. The monoisotopic (exact) mass is 253 g/mol. The first-order chi connectivity index (χ1) is 8.60. The normalized spacial score (nSPS) is 10.7. The van der Waals surface area contributed by atoms with E-state index in [0.29, 0.717) is 11.8 Å². The zero-order valence-corrected chi connectivity index (χ0v) is 9.39. The standard InChI is InChI=1S/C12H9F2NO3/c1-7-2-3-10(17-12(13)14)9(4-7)11-5-8(6-16)15-18-11/h2-6,12H,1H3. The van der Waals surface area contributed by atoms with E-state index in [0.717, 1.165) is 5.56 Å². The van der Waals surface area contributed by atoms with E-state index in [1.807, 2.05) is 0 Å². The predicted octanol–water partition coefficient (Wildman–Crippen LogP) is 3.06. The molecule has 1 aromatic carbocycles. The van der Waals surface area contributed by atoms with Gasteiger partial charge in [0.05, 0.1) is 5.56 Å². The molecule has 18 heavy (non-hydrogen) atoms. The van der Waals surface area contributed by atoms with Crippen molar-refractivity contribution >= 4 is 6.29 Å². The lowest BCUT2D eigenvalue weighted by molar-refractivity contribution is -0.0495. The minimum atomic E-state index is -2.93. The van der Waals surface area contributed by atoms with E-state index in [9.17, 15) is 13.6 Å². The summed E-state index contributed by atoms with van der Waals surface area (Å²) in [5.74, 6) is 0.181. The molecule has 0 amide bonds. The first kappa shape index (κ1) is 12.2. The van der Waals surface area contributed by atoms with Crippen molar-refractivity contribution in [1.82, 2.24) is 5.16 Å². The predicted molar refractivity (Wildman–Crippen MR) is 58.7 cm³/mol. The van der Waals surface area contributed by atoms with Gasteiger partial charge in [-0.25, -0.2) is 0 Å². The van der Waals surface area contributed by atoms with Gasteiger partial charge in [-0.2, -0.15) is 8.78 Å². The highest BCUT2D eigenvalue weighted by Gasteiger charge is 2.15. The molecule has 0 aliphatic rings. The van der Waals surface area contributed by atoms with Gasteiger partial charge in [0.15, 0.2) is 12.0 Å². The van der Waals surface area contributed by atoms with Gasteiger partial charge >= 0.3 is 6.61 Å². The van der Waals surface area contributed by atoms with Gasteiger partial charge in [0.2, 0.25) is 0 Å². The molecule has 0 atom stereocenters. The summed E-state index contributed by atoms with van der Waals surface area (Å²) in [6.07, 6.45) is 0.510. The Morgan fingerprint density at radius 2 is 2.17 bits per heavy atom. The number of hydrogen-bond acceptors (Lipinski definition) is 4. The van der Waals surface area contributed by atoms with Crippen LogP contribution < -0.4 is 4.74 Å². The average molecular weight is 253 g/mol. The lowest BCUT2D eigenvalue weighted by Crippen LogP contribution is -2.03. The smallest absolute Gasteiger partial charge is 0.387 e. The highest BCUT2D eigenvalue weighted by atomic mass is 19.3. The van der Waals surface area contributed by atoms with E-state index in [4.69, 9.17) is 4.52 Å². The summed E-state index contributed by atoms with van der Waals surface area (Å²) in [6, 6.07) is 6.03. The maximum Gasteiger partial charge on any atom is 0.387 e. The number of carbonyl (C=O) groups excluding carboxylic acids is 1. The van der Waals surface area contributed by atoms with E-state index < -0.39 is 6.61 Å². The molecule has 2 rings (SSSR count). The first-order valence-electron chi connectivity index (χ1n) is 5.08. The molecular weight excluding hydrogens is 244 g/mol. The molecule has 0 fully saturated rings. The molecule has 1 heterocycles. The number of carbonyl (C=O) groups is 1. The quantitative estimate of drug-likeness (QED) is 0.786. The second-order valence-corrected chi connectivity index (χ2v) is 3.61. The van der Waals surface area contributed by atoms with Crippen LogP contribution >= 0.6 is 0 Å². The molecule has 0 radical (unpaired) electrons. The van der Waals surface area contributed by atoms with E-state index in [-0.39, 0.29) is 17.2 Å². The highest BCUT2D eigenvalue weighted by Crippen LogP contribution is 2.32. The van der Waals surface area contributed by atoms with Crippen LogP contribution in [0.1, 0.15) is 16.1 Å². The van der Waals surface area contributed by atoms with Crippen LogP contribution in [0, 0.1) is 6.92 Å². The van der Waals surface area contributed by atoms with Crippen molar-refractivity contribution in [1.29, 1.82) is 0 Å². The number of rotatable bonds is 4. The van der Waals surface area contributed by atoms with E-state index in [1.54, 1.807) is 19.1 Å². The fourth-order valence-electron chi connectivity index (χ4n) is 1.51. The molecule has 0 spiro atoms. The number of alkyl halides is 2. The molecule has 0 saturated carbocycles. The van der Waals surface area contributed by atoms with Gasteiger partial charge in [0.25, 0.3) is 0 Å². The van der Waals surface area contributed by atoms with Crippen molar-refractivity contribution in [2.45, 2.75) is 13.5 Å². The van der Waals surface area contributed by atoms with Gasteiger partial charge in [0.1, 0.15) is 11.4 Å². The van der Waals surface area contributed by atoms with Gasteiger partial charge in [-0.1, -0.05) is 16.8 Å². The number of aryl methyl sites for hydroxylation is 1. The molecule has 1 aromatic heterocycles. The minimum Gasteiger partial charge on any atom is -0.434 e. The molecule has 0 aliphatic carbocycles. The SMILES string of the molecule is Cc1ccc(OC(F)F)c(-c2cc(C=O)no2)c1. The molecule has 0 saturated heterocycles. The van der Waals surface area contributed by atoms with E-state index in [1.165, 1.54) is 12.1 Å². The minimum absolute atomic E-state index is 0.0239. The van der Waals surface area contributed by atoms with Crippen LogP contribution in [-0.2, 0) is 0 Å². The lowest BCUT2D eigenvalue weighted by atomic mass is 10.1. The second kappa shape index (κ2) is 4.95. The van der Waals surface area contributed by atoms with Crippen molar-refractivity contribution < 1.29 is 22.8 Å². The number of aldehydes is 1. The van der Waals surface area contributed by atoms with Gasteiger partial charge < -0.3 is 9.26 Å². The largest absolute Gasteiger partial charge is 0.434 e. The third-order valence-electron chi connectivity index (χ3n) is 2.27. The second-order valence-electron chi connectivity index (χ2n) is 3.61. The molecule has 2 aromatic rings. The van der Waals surface area contributed by atoms with Crippen molar-refractivity contribution in [3.63, 3.8) is 0 Å². The van der Waals surface area contributed by atoms with Crippen LogP contribution in [-0.4, -0.2) is 18.1 Å². The molecule has 6 heteroatoms. The Balaban J connectivity index is 2.46. The molecule has 0 unspecified atom stereocenters. The van der Waals surface area contributed by atoms with Crippen LogP contribution in [0.2, 0.25) is 0 Å². The molecule has 0 aliphatic heterocycles. The third-order valence-corrected chi connectivity index (χ3v) is 2.27. The van der Waals surface area contributed by atoms with E-state index >= 15 is 0 Å². The first-order valence-corrected chi connectivity index (χ1v) is 5.08. The number of aromatic nitrogens is 1. The zero-order valence-electron chi connectivity index (χ0n) is 9.39. The fourth-order valence-corrected chi connectivity index (χ4v) is 1.51. The maximum atomic E-state index is 12.3. The summed E-state index contributed by atoms with van der Waals surface area (Å²) in [5.41, 5.74) is 1.26. The highest BCUT2D eigenvalue weighted by molar-refractivity contribution is 5.76.